The summed E-state index contributed by atoms with van der Waals surface area (Å²) in [7, 11) is 0.197. The van der Waals surface area contributed by atoms with Crippen LogP contribution in [0.2, 0.25) is 0 Å². The third-order valence-electron chi connectivity index (χ3n) is 3.09. The van der Waals surface area contributed by atoms with Crippen molar-refractivity contribution in [2.75, 3.05) is 44.3 Å². The van der Waals surface area contributed by atoms with Gasteiger partial charge in [-0.15, -0.1) is 0 Å². The molecule has 1 aromatic carbocycles. The fourth-order valence-electron chi connectivity index (χ4n) is 1.98. The second kappa shape index (κ2) is 8.50. The van der Waals surface area contributed by atoms with E-state index in [1.807, 2.05) is 25.1 Å². The number of hydrogen-bond donors (Lipinski definition) is 1. The van der Waals surface area contributed by atoms with E-state index in [9.17, 15) is 13.2 Å². The maximum absolute atomic E-state index is 12.0. The van der Waals surface area contributed by atoms with Crippen molar-refractivity contribution in [2.24, 2.45) is 0 Å². The zero-order valence-corrected chi connectivity index (χ0v) is 14.4. The van der Waals surface area contributed by atoms with E-state index in [1.165, 1.54) is 12.1 Å². The standard InChI is InChI=1S/C15H22N4O3S/c1-18(2)10-6-9-17-15(20)12-19(23(3,21)22)14-8-5-4-7-13(14)11-16/h4-5,7-8H,6,9-10,12H2,1-3H3,(H,17,20). The minimum absolute atomic E-state index is 0.207. The van der Waals surface area contributed by atoms with Crippen molar-refractivity contribution in [3.63, 3.8) is 0 Å². The monoisotopic (exact) mass is 338 g/mol. The quantitative estimate of drug-likeness (QED) is 0.692. The second-order valence-electron chi connectivity index (χ2n) is 5.41. The predicted octanol–water partition coefficient (Wildman–Crippen LogP) is 0.392. The van der Waals surface area contributed by atoms with E-state index in [0.29, 0.717) is 6.54 Å². The van der Waals surface area contributed by atoms with E-state index in [1.54, 1.807) is 12.1 Å². The Morgan fingerprint density at radius 1 is 1.30 bits per heavy atom. The number of hydrogen-bond acceptors (Lipinski definition) is 5. The van der Waals surface area contributed by atoms with Gasteiger partial charge in [0.15, 0.2) is 0 Å². The molecule has 0 radical (unpaired) electrons. The molecule has 0 aliphatic carbocycles. The van der Waals surface area contributed by atoms with Crippen molar-refractivity contribution in [1.29, 1.82) is 5.26 Å². The van der Waals surface area contributed by atoms with Crippen LogP contribution in [0.4, 0.5) is 5.69 Å². The van der Waals surface area contributed by atoms with Gasteiger partial charge in [-0.2, -0.15) is 5.26 Å². The first-order valence-electron chi connectivity index (χ1n) is 7.14. The normalized spacial score (nSPS) is 11.1. The molecule has 1 rings (SSSR count). The highest BCUT2D eigenvalue weighted by atomic mass is 32.2. The molecular formula is C15H22N4O3S. The summed E-state index contributed by atoms with van der Waals surface area (Å²) >= 11 is 0. The second-order valence-corrected chi connectivity index (χ2v) is 7.31. The van der Waals surface area contributed by atoms with Gasteiger partial charge >= 0.3 is 0 Å². The molecule has 0 bridgehead atoms. The highest BCUT2D eigenvalue weighted by Gasteiger charge is 2.22. The molecule has 1 aromatic rings. The maximum atomic E-state index is 12.0. The lowest BCUT2D eigenvalue weighted by Crippen LogP contribution is -2.41. The number of amides is 1. The summed E-state index contributed by atoms with van der Waals surface area (Å²) < 4.78 is 24.9. The number of para-hydroxylation sites is 1. The summed E-state index contributed by atoms with van der Waals surface area (Å²) in [6.45, 7) is 0.946. The molecule has 1 N–H and O–H groups in total. The Balaban J connectivity index is 2.82. The Morgan fingerprint density at radius 3 is 2.52 bits per heavy atom. The average Bonchev–Trinajstić information content (AvgIpc) is 2.48. The minimum atomic E-state index is -3.68. The van der Waals surface area contributed by atoms with Gasteiger partial charge in [-0.1, -0.05) is 12.1 Å². The van der Waals surface area contributed by atoms with Gasteiger partial charge in [0.1, 0.15) is 12.6 Å². The Kier molecular flexibility index (Phi) is 7.00. The van der Waals surface area contributed by atoms with Crippen LogP contribution in [-0.2, 0) is 14.8 Å². The number of nitrogens with zero attached hydrogens (tertiary/aromatic N) is 3. The molecule has 0 aliphatic rings. The van der Waals surface area contributed by atoms with Crippen LogP contribution in [0.25, 0.3) is 0 Å². The number of rotatable bonds is 8. The largest absolute Gasteiger partial charge is 0.354 e. The molecular weight excluding hydrogens is 316 g/mol. The van der Waals surface area contributed by atoms with Crippen LogP contribution in [0.15, 0.2) is 24.3 Å². The lowest BCUT2D eigenvalue weighted by molar-refractivity contribution is -0.119. The number of carbonyl (C=O) groups is 1. The number of nitrogens with one attached hydrogen (secondary N) is 1. The summed E-state index contributed by atoms with van der Waals surface area (Å²) in [6, 6.07) is 8.24. The molecule has 0 saturated heterocycles. The molecule has 8 heteroatoms. The fraction of sp³-hybridized carbons (Fsp3) is 0.467. The number of benzene rings is 1. The van der Waals surface area contributed by atoms with Crippen molar-refractivity contribution >= 4 is 21.6 Å². The van der Waals surface area contributed by atoms with Crippen LogP contribution in [0.5, 0.6) is 0 Å². The molecule has 0 aromatic heterocycles. The number of anilines is 1. The van der Waals surface area contributed by atoms with Gasteiger partial charge in [-0.25, -0.2) is 8.42 Å². The molecule has 0 unspecified atom stereocenters. The van der Waals surface area contributed by atoms with Gasteiger partial charge in [-0.05, 0) is 39.2 Å². The van der Waals surface area contributed by atoms with Crippen molar-refractivity contribution in [3.8, 4) is 6.07 Å². The van der Waals surface area contributed by atoms with Crippen LogP contribution >= 0.6 is 0 Å². The highest BCUT2D eigenvalue weighted by Crippen LogP contribution is 2.21. The molecule has 23 heavy (non-hydrogen) atoms. The van der Waals surface area contributed by atoms with E-state index in [-0.39, 0.29) is 17.8 Å². The maximum Gasteiger partial charge on any atom is 0.240 e. The Labute approximate surface area is 137 Å². The molecule has 0 atom stereocenters. The van der Waals surface area contributed by atoms with Crippen LogP contribution in [-0.4, -0.2) is 59.2 Å². The molecule has 0 saturated carbocycles. The van der Waals surface area contributed by atoms with Crippen LogP contribution in [0.1, 0.15) is 12.0 Å². The number of nitriles is 1. The molecule has 0 spiro atoms. The summed E-state index contributed by atoms with van der Waals surface area (Å²) in [5.74, 6) is -0.401. The smallest absolute Gasteiger partial charge is 0.240 e. The first-order chi connectivity index (χ1) is 10.8. The molecule has 0 fully saturated rings. The zero-order chi connectivity index (χ0) is 17.5. The topological polar surface area (TPSA) is 93.5 Å². The van der Waals surface area contributed by atoms with Crippen molar-refractivity contribution in [2.45, 2.75) is 6.42 Å². The summed E-state index contributed by atoms with van der Waals surface area (Å²) in [4.78, 5) is 14.0. The van der Waals surface area contributed by atoms with E-state index in [0.717, 1.165) is 23.5 Å². The lowest BCUT2D eigenvalue weighted by Gasteiger charge is -2.22. The first kappa shape index (κ1) is 18.9. The summed E-state index contributed by atoms with van der Waals surface area (Å²) in [6.07, 6.45) is 1.78. The van der Waals surface area contributed by atoms with Crippen molar-refractivity contribution in [3.05, 3.63) is 29.8 Å². The molecule has 7 nitrogen and oxygen atoms in total. The van der Waals surface area contributed by atoms with E-state index in [2.05, 4.69) is 5.32 Å². The Morgan fingerprint density at radius 2 is 1.96 bits per heavy atom. The van der Waals surface area contributed by atoms with Gasteiger partial charge in [0, 0.05) is 6.54 Å². The Hall–Kier alpha value is -2.11. The Bertz CT molecular complexity index is 680. The number of sulfonamides is 1. The summed E-state index contributed by atoms with van der Waals surface area (Å²) in [5, 5.41) is 11.8. The van der Waals surface area contributed by atoms with Crippen LogP contribution < -0.4 is 9.62 Å². The van der Waals surface area contributed by atoms with Gasteiger partial charge in [0.25, 0.3) is 0 Å². The third kappa shape index (κ3) is 6.26. The van der Waals surface area contributed by atoms with E-state index < -0.39 is 15.9 Å². The van der Waals surface area contributed by atoms with Gasteiger partial charge in [0.2, 0.25) is 15.9 Å². The van der Waals surface area contributed by atoms with Crippen LogP contribution in [0.3, 0.4) is 0 Å². The third-order valence-corrected chi connectivity index (χ3v) is 4.21. The first-order valence-corrected chi connectivity index (χ1v) is 8.99. The van der Waals surface area contributed by atoms with Crippen molar-refractivity contribution < 1.29 is 13.2 Å². The lowest BCUT2D eigenvalue weighted by atomic mass is 10.2. The van der Waals surface area contributed by atoms with Gasteiger partial charge < -0.3 is 10.2 Å². The molecule has 1 amide bonds. The average molecular weight is 338 g/mol. The molecule has 0 heterocycles. The molecule has 0 aliphatic heterocycles. The SMILES string of the molecule is CN(C)CCCNC(=O)CN(c1ccccc1C#N)S(C)(=O)=O. The predicted molar refractivity (Wildman–Crippen MR) is 89.5 cm³/mol. The van der Waals surface area contributed by atoms with E-state index >= 15 is 0 Å². The summed E-state index contributed by atoms with van der Waals surface area (Å²) in [5.41, 5.74) is 0.416. The zero-order valence-electron chi connectivity index (χ0n) is 13.6. The van der Waals surface area contributed by atoms with E-state index in [4.69, 9.17) is 5.26 Å². The van der Waals surface area contributed by atoms with Gasteiger partial charge in [-0.3, -0.25) is 9.10 Å². The number of carbonyl (C=O) groups excluding carboxylic acids is 1. The molecule has 126 valence electrons. The minimum Gasteiger partial charge on any atom is -0.354 e. The highest BCUT2D eigenvalue weighted by molar-refractivity contribution is 7.92. The van der Waals surface area contributed by atoms with Gasteiger partial charge in [0.05, 0.1) is 17.5 Å². The van der Waals surface area contributed by atoms with Crippen molar-refractivity contribution in [1.82, 2.24) is 10.2 Å². The van der Waals surface area contributed by atoms with Crippen LogP contribution in [0, 0.1) is 11.3 Å². The fourth-order valence-corrected chi connectivity index (χ4v) is 2.84.